The molecule has 0 aliphatic rings. The second kappa shape index (κ2) is 7.31. The van der Waals surface area contributed by atoms with Crippen molar-refractivity contribution in [2.45, 2.75) is 6.18 Å². The Morgan fingerprint density at radius 2 is 1.77 bits per heavy atom. The monoisotopic (exact) mass is 428 g/mol. The molecular formula is C14H9Cl2F3N2O4S. The summed E-state index contributed by atoms with van der Waals surface area (Å²) in [6.07, 6.45) is -4.60. The van der Waals surface area contributed by atoms with Gasteiger partial charge in [0.2, 0.25) is 0 Å². The molecule has 3 N–H and O–H groups in total. The second-order valence-corrected chi connectivity index (χ2v) is 6.86. The highest BCUT2D eigenvalue weighted by Gasteiger charge is 2.31. The molecule has 0 fully saturated rings. The average molecular weight is 429 g/mol. The van der Waals surface area contributed by atoms with Crippen molar-refractivity contribution in [1.29, 1.82) is 0 Å². The van der Waals surface area contributed by atoms with Crippen LogP contribution < -0.4 is 14.6 Å². The molecule has 0 atom stereocenters. The first-order valence-corrected chi connectivity index (χ1v) is 8.79. The lowest BCUT2D eigenvalue weighted by molar-refractivity contribution is -0.137. The van der Waals surface area contributed by atoms with E-state index in [-0.39, 0.29) is 21.3 Å². The molecule has 0 aromatic heterocycles. The van der Waals surface area contributed by atoms with Gasteiger partial charge in [-0.1, -0.05) is 23.2 Å². The summed E-state index contributed by atoms with van der Waals surface area (Å²) >= 11 is 11.5. The van der Waals surface area contributed by atoms with E-state index in [2.05, 4.69) is 9.50 Å². The lowest BCUT2D eigenvalue weighted by atomic mass is 10.1. The van der Waals surface area contributed by atoms with Crippen molar-refractivity contribution in [3.8, 4) is 5.75 Å². The molecule has 12 heteroatoms. The Kier molecular flexibility index (Phi) is 5.71. The molecule has 0 heterocycles. The Labute approximate surface area is 155 Å². The first-order chi connectivity index (χ1) is 11.9. The number of carbonyl (C=O) groups is 1. The Morgan fingerprint density at radius 3 is 2.31 bits per heavy atom. The minimum Gasteiger partial charge on any atom is -0.370 e. The summed E-state index contributed by atoms with van der Waals surface area (Å²) in [6, 6.07) is 5.75. The highest BCUT2D eigenvalue weighted by atomic mass is 35.5. The summed E-state index contributed by atoms with van der Waals surface area (Å²) in [6.45, 7) is 0. The summed E-state index contributed by atoms with van der Waals surface area (Å²) in [5.74, 6) is -1.34. The number of hydrogen-bond donors (Lipinski definition) is 2. The Hall–Kier alpha value is -2.01. The van der Waals surface area contributed by atoms with Gasteiger partial charge in [-0.2, -0.15) is 26.7 Å². The van der Waals surface area contributed by atoms with Gasteiger partial charge in [0, 0.05) is 5.02 Å². The summed E-state index contributed by atoms with van der Waals surface area (Å²) in [4.78, 5) is 12.3. The van der Waals surface area contributed by atoms with E-state index in [1.807, 2.05) is 0 Å². The van der Waals surface area contributed by atoms with Gasteiger partial charge >= 0.3 is 16.5 Å². The summed E-state index contributed by atoms with van der Waals surface area (Å²) in [7, 11) is -4.42. The Balaban J connectivity index is 2.35. The number of rotatable bonds is 4. The van der Waals surface area contributed by atoms with E-state index < -0.39 is 33.7 Å². The first-order valence-electron chi connectivity index (χ1n) is 6.56. The maximum atomic E-state index is 12.6. The van der Waals surface area contributed by atoms with Crippen molar-refractivity contribution in [3.63, 3.8) is 0 Å². The van der Waals surface area contributed by atoms with Crippen LogP contribution in [0.2, 0.25) is 10.0 Å². The van der Waals surface area contributed by atoms with Crippen LogP contribution >= 0.6 is 23.2 Å². The number of benzene rings is 2. The minimum absolute atomic E-state index is 0.0791. The van der Waals surface area contributed by atoms with Crippen LogP contribution in [0.5, 0.6) is 5.75 Å². The summed E-state index contributed by atoms with van der Waals surface area (Å²) in [5.41, 5.74) is -1.45. The van der Waals surface area contributed by atoms with Crippen LogP contribution in [0, 0.1) is 0 Å². The fraction of sp³-hybridized carbons (Fsp3) is 0.0714. The Morgan fingerprint density at radius 1 is 1.12 bits per heavy atom. The van der Waals surface area contributed by atoms with Gasteiger partial charge in [0.05, 0.1) is 21.8 Å². The predicted octanol–water partition coefficient (Wildman–Crippen LogP) is 3.85. The molecule has 2 aromatic rings. The lowest BCUT2D eigenvalue weighted by Crippen LogP contribution is -2.21. The second-order valence-electron chi connectivity index (χ2n) is 4.86. The summed E-state index contributed by atoms with van der Waals surface area (Å²) in [5, 5.41) is 6.72. The number of halogens is 5. The highest BCUT2D eigenvalue weighted by molar-refractivity contribution is 7.84. The van der Waals surface area contributed by atoms with Crippen molar-refractivity contribution >= 4 is 45.1 Å². The number of nitrogens with two attached hydrogens (primary N) is 1. The minimum atomic E-state index is -4.60. The largest absolute Gasteiger partial charge is 0.416 e. The molecule has 0 radical (unpaired) electrons. The van der Waals surface area contributed by atoms with E-state index in [1.54, 1.807) is 0 Å². The maximum absolute atomic E-state index is 12.6. The maximum Gasteiger partial charge on any atom is 0.416 e. The molecule has 6 nitrogen and oxygen atoms in total. The van der Waals surface area contributed by atoms with Gasteiger partial charge in [-0.15, -0.1) is 0 Å². The van der Waals surface area contributed by atoms with Crippen LogP contribution in [0.3, 0.4) is 0 Å². The molecule has 26 heavy (non-hydrogen) atoms. The predicted molar refractivity (Wildman–Crippen MR) is 89.6 cm³/mol. The molecule has 2 rings (SSSR count). The third-order valence-electron chi connectivity index (χ3n) is 2.94. The quantitative estimate of drug-likeness (QED) is 0.772. The lowest BCUT2D eigenvalue weighted by Gasteiger charge is -2.13. The van der Waals surface area contributed by atoms with Gasteiger partial charge in [-0.3, -0.25) is 4.79 Å². The normalized spacial score (nSPS) is 11.9. The molecule has 1 amide bonds. The topological polar surface area (TPSA) is 98.5 Å². The fourth-order valence-electron chi connectivity index (χ4n) is 1.86. The molecule has 0 unspecified atom stereocenters. The van der Waals surface area contributed by atoms with E-state index in [1.165, 1.54) is 6.07 Å². The fourth-order valence-corrected chi connectivity index (χ4v) is 2.66. The Bertz CT molecular complexity index is 965. The van der Waals surface area contributed by atoms with Gasteiger partial charge in [-0.25, -0.2) is 0 Å². The van der Waals surface area contributed by atoms with Crippen LogP contribution in [-0.2, 0) is 16.5 Å². The highest BCUT2D eigenvalue weighted by Crippen LogP contribution is 2.34. The number of alkyl halides is 3. The standard InChI is InChI=1S/C14H9Cl2F3N2O4S/c15-8-2-4-12(25-26(20,23)24)9(6-8)13(22)21-11-3-1-7(5-10(11)16)14(17,18)19/h1-6H,(H,21,22)(H2,20,23,24). The number of nitrogens with one attached hydrogen (secondary N) is 1. The van der Waals surface area contributed by atoms with Crippen LogP contribution in [0.15, 0.2) is 36.4 Å². The molecule has 0 aliphatic heterocycles. The molecule has 2 aromatic carbocycles. The van der Waals surface area contributed by atoms with Crippen LogP contribution in [-0.4, -0.2) is 14.3 Å². The van der Waals surface area contributed by atoms with Crippen molar-refractivity contribution < 1.29 is 30.6 Å². The van der Waals surface area contributed by atoms with Crippen molar-refractivity contribution in [1.82, 2.24) is 0 Å². The summed E-state index contributed by atoms with van der Waals surface area (Å²) < 4.78 is 64.5. The van der Waals surface area contributed by atoms with E-state index in [9.17, 15) is 26.4 Å². The van der Waals surface area contributed by atoms with Gasteiger partial charge in [-0.05, 0) is 36.4 Å². The average Bonchev–Trinajstić information content (AvgIpc) is 2.48. The number of carbonyl (C=O) groups excluding carboxylic acids is 1. The van der Waals surface area contributed by atoms with E-state index in [0.29, 0.717) is 6.07 Å². The molecule has 0 saturated carbocycles. The third kappa shape index (κ3) is 5.24. The third-order valence-corrected chi connectivity index (χ3v) is 3.90. The van der Waals surface area contributed by atoms with Crippen LogP contribution in [0.1, 0.15) is 15.9 Å². The molecule has 0 aliphatic carbocycles. The number of hydrogen-bond acceptors (Lipinski definition) is 4. The van der Waals surface area contributed by atoms with Crippen LogP contribution in [0.25, 0.3) is 0 Å². The molecule has 0 saturated heterocycles. The smallest absolute Gasteiger partial charge is 0.370 e. The van der Waals surface area contributed by atoms with E-state index in [0.717, 1.165) is 24.3 Å². The number of anilines is 1. The molecule has 0 bridgehead atoms. The zero-order chi connectivity index (χ0) is 19.7. The zero-order valence-electron chi connectivity index (χ0n) is 12.5. The van der Waals surface area contributed by atoms with Crippen molar-refractivity contribution in [3.05, 3.63) is 57.6 Å². The van der Waals surface area contributed by atoms with E-state index >= 15 is 0 Å². The molecule has 140 valence electrons. The molecular weight excluding hydrogens is 420 g/mol. The van der Waals surface area contributed by atoms with Crippen molar-refractivity contribution in [2.75, 3.05) is 5.32 Å². The van der Waals surface area contributed by atoms with E-state index in [4.69, 9.17) is 28.3 Å². The first kappa shape index (κ1) is 20.3. The molecule has 0 spiro atoms. The SMILES string of the molecule is NS(=O)(=O)Oc1ccc(Cl)cc1C(=O)Nc1ccc(C(F)(F)F)cc1Cl. The van der Waals surface area contributed by atoms with Crippen molar-refractivity contribution in [2.24, 2.45) is 5.14 Å². The van der Waals surface area contributed by atoms with Gasteiger partial charge in [0.25, 0.3) is 5.91 Å². The van der Waals surface area contributed by atoms with Crippen LogP contribution in [0.4, 0.5) is 18.9 Å². The van der Waals surface area contributed by atoms with Gasteiger partial charge in [0.15, 0.2) is 5.75 Å². The number of amides is 1. The van der Waals surface area contributed by atoms with Gasteiger partial charge < -0.3 is 9.50 Å². The zero-order valence-corrected chi connectivity index (χ0v) is 14.8. The van der Waals surface area contributed by atoms with Gasteiger partial charge in [0.1, 0.15) is 0 Å².